The normalized spacial score (nSPS) is 13.2. The van der Waals surface area contributed by atoms with Crippen LogP contribution in [0.1, 0.15) is 23.2 Å². The number of nitro groups is 1. The van der Waals surface area contributed by atoms with Crippen molar-refractivity contribution in [1.82, 2.24) is 0 Å². The van der Waals surface area contributed by atoms with E-state index in [0.717, 1.165) is 24.8 Å². The summed E-state index contributed by atoms with van der Waals surface area (Å²) in [5, 5.41) is 13.4. The SMILES string of the molecule is Nc1ccc([N+](=O)[O-])cc1C(=O)OCC(=O)Nc1ccc(N2CCCC2)cc1. The summed E-state index contributed by atoms with van der Waals surface area (Å²) in [6.07, 6.45) is 2.36. The molecular formula is C19H20N4O5. The fourth-order valence-electron chi connectivity index (χ4n) is 2.97. The van der Waals surface area contributed by atoms with E-state index < -0.39 is 23.4 Å². The van der Waals surface area contributed by atoms with Gasteiger partial charge >= 0.3 is 5.97 Å². The van der Waals surface area contributed by atoms with Crippen LogP contribution in [0.15, 0.2) is 42.5 Å². The lowest BCUT2D eigenvalue weighted by atomic mass is 10.1. The Morgan fingerprint density at radius 1 is 1.14 bits per heavy atom. The van der Waals surface area contributed by atoms with E-state index in [1.54, 1.807) is 12.1 Å². The lowest BCUT2D eigenvalue weighted by Gasteiger charge is -2.17. The lowest BCUT2D eigenvalue weighted by molar-refractivity contribution is -0.384. The maximum absolute atomic E-state index is 12.1. The highest BCUT2D eigenvalue weighted by molar-refractivity contribution is 5.98. The van der Waals surface area contributed by atoms with Gasteiger partial charge in [0, 0.05) is 42.3 Å². The van der Waals surface area contributed by atoms with Crippen LogP contribution in [-0.2, 0) is 9.53 Å². The maximum Gasteiger partial charge on any atom is 0.341 e. The Bertz CT molecular complexity index is 892. The first-order chi connectivity index (χ1) is 13.4. The van der Waals surface area contributed by atoms with Gasteiger partial charge in [-0.3, -0.25) is 14.9 Å². The zero-order valence-electron chi connectivity index (χ0n) is 15.1. The molecule has 28 heavy (non-hydrogen) atoms. The number of ether oxygens (including phenoxy) is 1. The molecule has 0 unspecified atom stereocenters. The molecule has 146 valence electrons. The minimum atomic E-state index is -0.902. The molecule has 0 atom stereocenters. The topological polar surface area (TPSA) is 128 Å². The summed E-state index contributed by atoms with van der Waals surface area (Å²) >= 11 is 0. The van der Waals surface area contributed by atoms with Crippen LogP contribution in [0, 0.1) is 10.1 Å². The van der Waals surface area contributed by atoms with E-state index in [4.69, 9.17) is 10.5 Å². The van der Waals surface area contributed by atoms with Crippen LogP contribution in [0.2, 0.25) is 0 Å². The van der Waals surface area contributed by atoms with E-state index in [-0.39, 0.29) is 16.9 Å². The Morgan fingerprint density at radius 2 is 1.82 bits per heavy atom. The standard InChI is InChI=1S/C19H20N4O5/c20-17-8-7-15(23(26)27)11-16(17)19(25)28-12-18(24)21-13-3-5-14(6-4-13)22-9-1-2-10-22/h3-8,11H,1-2,9-10,12,20H2,(H,21,24). The summed E-state index contributed by atoms with van der Waals surface area (Å²) < 4.78 is 4.92. The van der Waals surface area contributed by atoms with E-state index in [1.165, 1.54) is 25.0 Å². The number of nitrogens with zero attached hydrogens (tertiary/aromatic N) is 2. The molecule has 1 amide bonds. The van der Waals surface area contributed by atoms with Crippen molar-refractivity contribution in [1.29, 1.82) is 0 Å². The average Bonchev–Trinajstić information content (AvgIpc) is 3.21. The van der Waals surface area contributed by atoms with Crippen molar-refractivity contribution in [3.8, 4) is 0 Å². The van der Waals surface area contributed by atoms with Crippen molar-refractivity contribution in [2.45, 2.75) is 12.8 Å². The van der Waals surface area contributed by atoms with E-state index in [1.807, 2.05) is 12.1 Å². The number of esters is 1. The zero-order valence-corrected chi connectivity index (χ0v) is 15.1. The summed E-state index contributed by atoms with van der Waals surface area (Å²) in [5.41, 5.74) is 6.93. The minimum Gasteiger partial charge on any atom is -0.452 e. The number of non-ortho nitro benzene ring substituents is 1. The number of amides is 1. The monoisotopic (exact) mass is 384 g/mol. The molecule has 1 fully saturated rings. The first-order valence-corrected chi connectivity index (χ1v) is 8.80. The summed E-state index contributed by atoms with van der Waals surface area (Å²) in [6, 6.07) is 10.9. The fourth-order valence-corrected chi connectivity index (χ4v) is 2.97. The minimum absolute atomic E-state index is 0.0357. The Hall–Kier alpha value is -3.62. The molecule has 1 aliphatic rings. The van der Waals surface area contributed by atoms with Crippen molar-refractivity contribution in [2.75, 3.05) is 35.6 Å². The van der Waals surface area contributed by atoms with Gasteiger partial charge in [-0.05, 0) is 43.2 Å². The number of benzene rings is 2. The van der Waals surface area contributed by atoms with Crippen LogP contribution in [0.25, 0.3) is 0 Å². The number of carbonyl (C=O) groups is 2. The van der Waals surface area contributed by atoms with Crippen molar-refractivity contribution in [2.24, 2.45) is 0 Å². The molecule has 9 heteroatoms. The number of nitrogens with two attached hydrogens (primary N) is 1. The number of hydrogen-bond donors (Lipinski definition) is 2. The van der Waals surface area contributed by atoms with Gasteiger partial charge in [0.25, 0.3) is 11.6 Å². The largest absolute Gasteiger partial charge is 0.452 e. The van der Waals surface area contributed by atoms with Crippen LogP contribution in [0.4, 0.5) is 22.7 Å². The van der Waals surface area contributed by atoms with Crippen LogP contribution >= 0.6 is 0 Å². The van der Waals surface area contributed by atoms with Crippen molar-refractivity contribution >= 4 is 34.6 Å². The summed E-state index contributed by atoms with van der Waals surface area (Å²) in [4.78, 5) is 36.5. The first kappa shape index (κ1) is 19.2. The summed E-state index contributed by atoms with van der Waals surface area (Å²) in [6.45, 7) is 1.53. The third-order valence-electron chi connectivity index (χ3n) is 4.42. The van der Waals surface area contributed by atoms with Gasteiger partial charge in [-0.25, -0.2) is 4.79 Å². The second-order valence-corrected chi connectivity index (χ2v) is 6.39. The van der Waals surface area contributed by atoms with Gasteiger partial charge in [-0.15, -0.1) is 0 Å². The molecule has 0 spiro atoms. The number of rotatable bonds is 6. The number of nitrogen functional groups attached to an aromatic ring is 1. The molecule has 3 rings (SSSR count). The van der Waals surface area contributed by atoms with Gasteiger partial charge in [0.15, 0.2) is 6.61 Å². The van der Waals surface area contributed by atoms with Crippen molar-refractivity contribution in [3.63, 3.8) is 0 Å². The zero-order chi connectivity index (χ0) is 20.1. The highest BCUT2D eigenvalue weighted by atomic mass is 16.6. The second-order valence-electron chi connectivity index (χ2n) is 6.39. The van der Waals surface area contributed by atoms with Crippen molar-refractivity contribution in [3.05, 3.63) is 58.1 Å². The van der Waals surface area contributed by atoms with E-state index in [2.05, 4.69) is 10.2 Å². The molecule has 2 aromatic rings. The van der Waals surface area contributed by atoms with Crippen LogP contribution in [0.3, 0.4) is 0 Å². The predicted molar refractivity (Wildman–Crippen MR) is 104 cm³/mol. The molecule has 2 aromatic carbocycles. The van der Waals surface area contributed by atoms with E-state index in [9.17, 15) is 19.7 Å². The van der Waals surface area contributed by atoms with Gasteiger partial charge in [-0.2, -0.15) is 0 Å². The fraction of sp³-hybridized carbons (Fsp3) is 0.263. The predicted octanol–water partition coefficient (Wildman–Crippen LogP) is 2.57. The smallest absolute Gasteiger partial charge is 0.341 e. The second kappa shape index (κ2) is 8.38. The number of nitro benzene ring substituents is 1. The molecule has 1 aliphatic heterocycles. The molecule has 0 radical (unpaired) electrons. The molecule has 0 saturated carbocycles. The Balaban J connectivity index is 1.54. The average molecular weight is 384 g/mol. The highest BCUT2D eigenvalue weighted by Gasteiger charge is 2.18. The molecule has 9 nitrogen and oxygen atoms in total. The molecule has 0 aromatic heterocycles. The number of nitrogens with one attached hydrogen (secondary N) is 1. The third-order valence-corrected chi connectivity index (χ3v) is 4.42. The van der Waals surface area contributed by atoms with Gasteiger partial charge in [0.05, 0.1) is 10.5 Å². The van der Waals surface area contributed by atoms with Gasteiger partial charge in [-0.1, -0.05) is 0 Å². The van der Waals surface area contributed by atoms with Gasteiger partial charge in [0.1, 0.15) is 0 Å². The van der Waals surface area contributed by atoms with Crippen LogP contribution < -0.4 is 16.0 Å². The molecule has 0 aliphatic carbocycles. The third kappa shape index (κ3) is 4.56. The Kier molecular flexibility index (Phi) is 5.73. The van der Waals surface area contributed by atoms with Crippen LogP contribution in [-0.4, -0.2) is 36.5 Å². The van der Waals surface area contributed by atoms with E-state index in [0.29, 0.717) is 5.69 Å². The van der Waals surface area contributed by atoms with Gasteiger partial charge < -0.3 is 20.7 Å². The highest BCUT2D eigenvalue weighted by Crippen LogP contribution is 2.22. The quantitative estimate of drug-likeness (QED) is 0.339. The number of anilines is 3. The Morgan fingerprint density at radius 3 is 2.46 bits per heavy atom. The number of hydrogen-bond acceptors (Lipinski definition) is 7. The molecule has 1 heterocycles. The van der Waals surface area contributed by atoms with Crippen molar-refractivity contribution < 1.29 is 19.2 Å². The van der Waals surface area contributed by atoms with E-state index >= 15 is 0 Å². The summed E-state index contributed by atoms with van der Waals surface area (Å²) in [5.74, 6) is -1.42. The Labute approximate surface area is 161 Å². The molecule has 0 bridgehead atoms. The molecule has 3 N–H and O–H groups in total. The lowest BCUT2D eigenvalue weighted by Crippen LogP contribution is -2.21. The summed E-state index contributed by atoms with van der Waals surface area (Å²) in [7, 11) is 0. The maximum atomic E-state index is 12.1. The molecule has 1 saturated heterocycles. The van der Waals surface area contributed by atoms with Crippen LogP contribution in [0.5, 0.6) is 0 Å². The number of carbonyl (C=O) groups excluding carboxylic acids is 2. The molecular weight excluding hydrogens is 364 g/mol. The first-order valence-electron chi connectivity index (χ1n) is 8.80. The van der Waals surface area contributed by atoms with Gasteiger partial charge in [0.2, 0.25) is 0 Å².